The minimum absolute atomic E-state index is 0.234. The maximum Gasteiger partial charge on any atom is 0.355 e. The van der Waals surface area contributed by atoms with Gasteiger partial charge in [0.05, 0.1) is 6.42 Å². The quantitative estimate of drug-likeness (QED) is 0.557. The van der Waals surface area contributed by atoms with E-state index in [0.29, 0.717) is 5.92 Å². The molecule has 0 fully saturated rings. The molecule has 83 valence electrons. The molecule has 0 aliphatic heterocycles. The molecule has 0 heterocycles. The largest absolute Gasteiger partial charge is 0.355 e. The molecule has 0 aromatic rings. The van der Waals surface area contributed by atoms with Crippen LogP contribution in [0.15, 0.2) is 0 Å². The maximum atomic E-state index is 10.3. The average molecular weight is 199 g/mol. The van der Waals surface area contributed by atoms with Gasteiger partial charge in [0.1, 0.15) is 0 Å². The minimum Gasteiger partial charge on any atom is -0.247 e. The second-order valence-corrected chi connectivity index (χ2v) is 4.06. The Morgan fingerprint density at radius 3 is 1.86 bits per heavy atom. The highest BCUT2D eigenvalue weighted by atomic mass is 16.4. The van der Waals surface area contributed by atoms with E-state index in [9.17, 15) is 9.90 Å². The first kappa shape index (κ1) is 13.5. The first-order chi connectivity index (χ1) is 6.70. The van der Waals surface area contributed by atoms with Crippen molar-refractivity contribution in [3.8, 4) is 0 Å². The lowest BCUT2D eigenvalue weighted by atomic mass is 9.92. The lowest BCUT2D eigenvalue weighted by Crippen LogP contribution is -2.04. The fourth-order valence-electron chi connectivity index (χ4n) is 1.74. The third-order valence-electron chi connectivity index (χ3n) is 2.69. The smallest absolute Gasteiger partial charge is 0.247 e. The van der Waals surface area contributed by atoms with Gasteiger partial charge in [-0.3, -0.25) is 0 Å². The SMILES string of the molecule is CCCCC(CCCC)CCC([O])=O. The monoisotopic (exact) mass is 199 g/mol. The van der Waals surface area contributed by atoms with Crippen molar-refractivity contribution in [2.75, 3.05) is 0 Å². The molecule has 0 amide bonds. The van der Waals surface area contributed by atoms with Crippen LogP contribution in [0, 0.1) is 5.92 Å². The lowest BCUT2D eigenvalue weighted by Gasteiger charge is -2.14. The molecule has 14 heavy (non-hydrogen) atoms. The predicted octanol–water partition coefficient (Wildman–Crippen LogP) is 3.72. The van der Waals surface area contributed by atoms with E-state index >= 15 is 0 Å². The standard InChI is InChI=1S/C12H23O2/c1-3-5-7-11(8-6-4-2)9-10-12(13)14/h11H,3-10H2,1-2H3. The molecule has 0 spiro atoms. The van der Waals surface area contributed by atoms with Gasteiger partial charge in [0.25, 0.3) is 0 Å². The van der Waals surface area contributed by atoms with E-state index in [1.165, 1.54) is 38.5 Å². The van der Waals surface area contributed by atoms with E-state index in [1.54, 1.807) is 0 Å². The van der Waals surface area contributed by atoms with Gasteiger partial charge in [-0.2, -0.15) is 0 Å². The molecule has 2 nitrogen and oxygen atoms in total. The van der Waals surface area contributed by atoms with Crippen molar-refractivity contribution in [3.63, 3.8) is 0 Å². The molecule has 0 rings (SSSR count). The Morgan fingerprint density at radius 2 is 1.50 bits per heavy atom. The lowest BCUT2D eigenvalue weighted by molar-refractivity contribution is -0.143. The molecule has 0 bridgehead atoms. The van der Waals surface area contributed by atoms with Crippen LogP contribution in [-0.4, -0.2) is 5.97 Å². The third-order valence-corrected chi connectivity index (χ3v) is 2.69. The van der Waals surface area contributed by atoms with Gasteiger partial charge >= 0.3 is 5.97 Å². The van der Waals surface area contributed by atoms with Crippen molar-refractivity contribution in [1.82, 2.24) is 0 Å². The Morgan fingerprint density at radius 1 is 1.00 bits per heavy atom. The highest BCUT2D eigenvalue weighted by Crippen LogP contribution is 2.21. The normalized spacial score (nSPS) is 10.8. The molecular weight excluding hydrogens is 176 g/mol. The average Bonchev–Trinajstić information content (AvgIpc) is 2.16. The number of unbranched alkanes of at least 4 members (excludes halogenated alkanes) is 2. The number of carbonyl (C=O) groups is 1. The van der Waals surface area contributed by atoms with Crippen molar-refractivity contribution in [2.24, 2.45) is 5.92 Å². The van der Waals surface area contributed by atoms with Gasteiger partial charge in [0.2, 0.25) is 0 Å². The molecule has 0 saturated heterocycles. The summed E-state index contributed by atoms with van der Waals surface area (Å²) in [4.78, 5) is 10.3. The van der Waals surface area contributed by atoms with Gasteiger partial charge in [0, 0.05) is 0 Å². The summed E-state index contributed by atoms with van der Waals surface area (Å²) in [7, 11) is 0. The number of carbonyl (C=O) groups excluding carboxylic acids is 1. The van der Waals surface area contributed by atoms with Gasteiger partial charge < -0.3 is 0 Å². The second-order valence-electron chi connectivity index (χ2n) is 4.06. The molecule has 0 aliphatic carbocycles. The molecule has 0 saturated carbocycles. The van der Waals surface area contributed by atoms with Crippen molar-refractivity contribution in [2.45, 2.75) is 65.2 Å². The van der Waals surface area contributed by atoms with Crippen LogP contribution in [0.1, 0.15) is 65.2 Å². The predicted molar refractivity (Wildman–Crippen MR) is 57.5 cm³/mol. The molecule has 1 radical (unpaired) electrons. The molecule has 0 aliphatic rings. The Hall–Kier alpha value is -0.530. The second kappa shape index (κ2) is 9.04. The Kier molecular flexibility index (Phi) is 8.70. The summed E-state index contributed by atoms with van der Waals surface area (Å²) in [6.07, 6.45) is 8.26. The molecule has 0 unspecified atom stereocenters. The maximum absolute atomic E-state index is 10.3. The van der Waals surface area contributed by atoms with Crippen molar-refractivity contribution >= 4 is 5.97 Å². The number of rotatable bonds is 9. The van der Waals surface area contributed by atoms with Crippen molar-refractivity contribution in [1.29, 1.82) is 0 Å². The van der Waals surface area contributed by atoms with E-state index in [2.05, 4.69) is 13.8 Å². The van der Waals surface area contributed by atoms with Crippen LogP contribution >= 0.6 is 0 Å². The molecule has 2 heteroatoms. The van der Waals surface area contributed by atoms with Crippen LogP contribution in [0.4, 0.5) is 0 Å². The van der Waals surface area contributed by atoms with Gasteiger partial charge in [0.15, 0.2) is 0 Å². The molecule has 0 atom stereocenters. The summed E-state index contributed by atoms with van der Waals surface area (Å²) in [5.41, 5.74) is 0. The van der Waals surface area contributed by atoms with Crippen LogP contribution in [0.3, 0.4) is 0 Å². The van der Waals surface area contributed by atoms with E-state index in [4.69, 9.17) is 0 Å². The van der Waals surface area contributed by atoms with Gasteiger partial charge in [-0.25, -0.2) is 9.90 Å². The zero-order valence-electron chi connectivity index (χ0n) is 9.55. The van der Waals surface area contributed by atoms with E-state index in [0.717, 1.165) is 6.42 Å². The zero-order valence-corrected chi connectivity index (χ0v) is 9.55. The van der Waals surface area contributed by atoms with E-state index in [1.807, 2.05) is 0 Å². The topological polar surface area (TPSA) is 37.0 Å². The van der Waals surface area contributed by atoms with Gasteiger partial charge in [-0.15, -0.1) is 0 Å². The fraction of sp³-hybridized carbons (Fsp3) is 0.917. The van der Waals surface area contributed by atoms with Gasteiger partial charge in [-0.05, 0) is 12.3 Å². The molecule has 0 aromatic carbocycles. The van der Waals surface area contributed by atoms with E-state index < -0.39 is 5.97 Å². The Balaban J connectivity index is 3.65. The first-order valence-electron chi connectivity index (χ1n) is 5.90. The molecule has 0 aromatic heterocycles. The summed E-state index contributed by atoms with van der Waals surface area (Å²) < 4.78 is 0. The van der Waals surface area contributed by atoms with E-state index in [-0.39, 0.29) is 6.42 Å². The van der Waals surface area contributed by atoms with Crippen molar-refractivity contribution < 1.29 is 9.90 Å². The van der Waals surface area contributed by atoms with Gasteiger partial charge in [-0.1, -0.05) is 52.4 Å². The minimum atomic E-state index is -0.900. The Labute approximate surface area is 87.7 Å². The van der Waals surface area contributed by atoms with Crippen LogP contribution in [0.5, 0.6) is 0 Å². The summed E-state index contributed by atoms with van der Waals surface area (Å²) in [5.74, 6) is -0.296. The third kappa shape index (κ3) is 8.09. The summed E-state index contributed by atoms with van der Waals surface area (Å²) in [5, 5.41) is 10.3. The number of hydrogen-bond donors (Lipinski definition) is 0. The first-order valence-corrected chi connectivity index (χ1v) is 5.90. The van der Waals surface area contributed by atoms with Crippen LogP contribution < -0.4 is 0 Å². The highest BCUT2D eigenvalue weighted by Gasteiger charge is 2.10. The summed E-state index contributed by atoms with van der Waals surface area (Å²) >= 11 is 0. The molecule has 0 N–H and O–H groups in total. The zero-order chi connectivity index (χ0) is 10.8. The summed E-state index contributed by atoms with van der Waals surface area (Å²) in [6.45, 7) is 4.35. The number of hydrogen-bond acceptors (Lipinski definition) is 1. The highest BCUT2D eigenvalue weighted by molar-refractivity contribution is 5.66. The van der Waals surface area contributed by atoms with Crippen LogP contribution in [0.2, 0.25) is 0 Å². The van der Waals surface area contributed by atoms with Crippen LogP contribution in [0.25, 0.3) is 0 Å². The van der Waals surface area contributed by atoms with Crippen molar-refractivity contribution in [3.05, 3.63) is 0 Å². The molecular formula is C12H23O2. The Bertz CT molecular complexity index is 135. The summed E-state index contributed by atoms with van der Waals surface area (Å²) in [6, 6.07) is 0. The fourth-order valence-corrected chi connectivity index (χ4v) is 1.74. The van der Waals surface area contributed by atoms with Crippen LogP contribution in [-0.2, 0) is 9.90 Å².